The number of nitrogens with zero attached hydrogens (tertiary/aromatic N) is 1. The second-order valence-electron chi connectivity index (χ2n) is 7.62. The summed E-state index contributed by atoms with van der Waals surface area (Å²) in [4.78, 5) is 26.7. The molecule has 1 aliphatic rings. The van der Waals surface area contributed by atoms with Crippen LogP contribution < -0.4 is 14.8 Å². The molecule has 1 heterocycles. The maximum Gasteiger partial charge on any atom is 0.231 e. The van der Waals surface area contributed by atoms with E-state index in [1.54, 1.807) is 0 Å². The van der Waals surface area contributed by atoms with Gasteiger partial charge in [0.1, 0.15) is 0 Å². The summed E-state index contributed by atoms with van der Waals surface area (Å²) in [5.41, 5.74) is 3.92. The van der Waals surface area contributed by atoms with E-state index >= 15 is 0 Å². The fourth-order valence-electron chi connectivity index (χ4n) is 3.30. The van der Waals surface area contributed by atoms with Gasteiger partial charge in [-0.25, -0.2) is 0 Å². The average molecular weight is 396 g/mol. The first-order valence-corrected chi connectivity index (χ1v) is 9.78. The second kappa shape index (κ2) is 9.09. The molecule has 1 atom stereocenters. The second-order valence-corrected chi connectivity index (χ2v) is 7.62. The smallest absolute Gasteiger partial charge is 0.231 e. The van der Waals surface area contributed by atoms with Crippen molar-refractivity contribution in [1.82, 2.24) is 10.2 Å². The molecular formula is C23H28N2O4. The van der Waals surface area contributed by atoms with Crippen molar-refractivity contribution in [2.45, 2.75) is 32.7 Å². The minimum Gasteiger partial charge on any atom is -0.454 e. The molecule has 154 valence electrons. The largest absolute Gasteiger partial charge is 0.454 e. The first-order valence-electron chi connectivity index (χ1n) is 9.78. The molecule has 0 saturated carbocycles. The van der Waals surface area contributed by atoms with Gasteiger partial charge in [-0.05, 0) is 62.8 Å². The number of Topliss-reactive ketones (excluding diaryl/α,β-unsaturated/α-hetero) is 1. The number of carbonyl (C=O) groups is 2. The Kier molecular flexibility index (Phi) is 6.54. The fourth-order valence-corrected chi connectivity index (χ4v) is 3.30. The van der Waals surface area contributed by atoms with Crippen molar-refractivity contribution in [2.24, 2.45) is 0 Å². The number of ether oxygens (including phenoxy) is 2. The van der Waals surface area contributed by atoms with Gasteiger partial charge in [-0.3, -0.25) is 9.59 Å². The van der Waals surface area contributed by atoms with Gasteiger partial charge in [-0.2, -0.15) is 0 Å². The van der Waals surface area contributed by atoms with Crippen LogP contribution in [0.15, 0.2) is 36.4 Å². The van der Waals surface area contributed by atoms with Crippen LogP contribution >= 0.6 is 0 Å². The van der Waals surface area contributed by atoms with Gasteiger partial charge in [0.25, 0.3) is 0 Å². The predicted octanol–water partition coefficient (Wildman–Crippen LogP) is 3.41. The number of hydrogen-bond donors (Lipinski definition) is 1. The molecule has 6 nitrogen and oxygen atoms in total. The molecule has 6 heteroatoms. The number of benzene rings is 2. The van der Waals surface area contributed by atoms with Crippen LogP contribution in [-0.4, -0.2) is 44.0 Å². The number of likely N-dealkylation sites (N-methyl/N-ethyl adjacent to an activating group) is 1. The number of amides is 1. The lowest BCUT2D eigenvalue weighted by molar-refractivity contribution is -0.121. The van der Waals surface area contributed by atoms with Crippen molar-refractivity contribution in [3.63, 3.8) is 0 Å². The number of aryl methyl sites for hydroxylation is 2. The third-order valence-corrected chi connectivity index (χ3v) is 5.31. The van der Waals surface area contributed by atoms with Crippen LogP contribution in [0, 0.1) is 13.8 Å². The maximum atomic E-state index is 12.4. The van der Waals surface area contributed by atoms with Crippen molar-refractivity contribution in [1.29, 1.82) is 0 Å². The highest BCUT2D eigenvalue weighted by molar-refractivity contribution is 5.98. The lowest BCUT2D eigenvalue weighted by Crippen LogP contribution is -2.34. The van der Waals surface area contributed by atoms with Crippen molar-refractivity contribution in [3.8, 4) is 11.5 Å². The minimum absolute atomic E-state index is 0.0103. The summed E-state index contributed by atoms with van der Waals surface area (Å²) in [5, 5.41) is 2.95. The molecule has 2 aromatic carbocycles. The van der Waals surface area contributed by atoms with Gasteiger partial charge in [0.15, 0.2) is 17.3 Å². The number of rotatable bonds is 8. The summed E-state index contributed by atoms with van der Waals surface area (Å²) in [5.74, 6) is 1.32. The third-order valence-electron chi connectivity index (χ3n) is 5.31. The van der Waals surface area contributed by atoms with E-state index in [0.717, 1.165) is 28.2 Å². The first kappa shape index (κ1) is 20.9. The van der Waals surface area contributed by atoms with Crippen molar-refractivity contribution in [2.75, 3.05) is 27.4 Å². The Labute approximate surface area is 171 Å². The summed E-state index contributed by atoms with van der Waals surface area (Å²) in [6, 6.07) is 11.5. The Bertz CT molecular complexity index is 908. The first-order chi connectivity index (χ1) is 13.8. The van der Waals surface area contributed by atoms with Gasteiger partial charge >= 0.3 is 0 Å². The van der Waals surface area contributed by atoms with Crippen LogP contribution in [0.2, 0.25) is 0 Å². The molecule has 0 radical (unpaired) electrons. The molecule has 0 bridgehead atoms. The zero-order valence-electron chi connectivity index (χ0n) is 17.5. The highest BCUT2D eigenvalue weighted by Crippen LogP contribution is 2.34. The molecule has 0 aliphatic carbocycles. The van der Waals surface area contributed by atoms with Crippen LogP contribution in [-0.2, 0) is 4.79 Å². The normalized spacial score (nSPS) is 13.4. The monoisotopic (exact) mass is 396 g/mol. The molecular weight excluding hydrogens is 368 g/mol. The van der Waals surface area contributed by atoms with Crippen LogP contribution in [0.1, 0.15) is 45.9 Å². The van der Waals surface area contributed by atoms with Crippen molar-refractivity contribution >= 4 is 11.7 Å². The van der Waals surface area contributed by atoms with Crippen LogP contribution in [0.4, 0.5) is 0 Å². The number of hydrogen-bond acceptors (Lipinski definition) is 5. The highest BCUT2D eigenvalue weighted by atomic mass is 16.7. The molecule has 0 spiro atoms. The minimum atomic E-state index is -0.130. The predicted molar refractivity (Wildman–Crippen MR) is 111 cm³/mol. The maximum absolute atomic E-state index is 12.4. The van der Waals surface area contributed by atoms with Gasteiger partial charge in [0, 0.05) is 24.9 Å². The topological polar surface area (TPSA) is 67.9 Å². The summed E-state index contributed by atoms with van der Waals surface area (Å²) in [7, 11) is 3.93. The highest BCUT2D eigenvalue weighted by Gasteiger charge is 2.20. The molecule has 1 amide bonds. The third kappa shape index (κ3) is 5.15. The zero-order valence-corrected chi connectivity index (χ0v) is 17.5. The van der Waals surface area contributed by atoms with Crippen LogP contribution in [0.5, 0.6) is 11.5 Å². The summed E-state index contributed by atoms with van der Waals surface area (Å²) >= 11 is 0. The Morgan fingerprint density at radius 2 is 1.76 bits per heavy atom. The van der Waals surface area contributed by atoms with E-state index in [1.807, 2.05) is 69.2 Å². The van der Waals surface area contributed by atoms with Crippen LogP contribution in [0.3, 0.4) is 0 Å². The van der Waals surface area contributed by atoms with Crippen molar-refractivity contribution < 1.29 is 19.1 Å². The number of fused-ring (bicyclic) bond motifs is 1. The molecule has 29 heavy (non-hydrogen) atoms. The SMILES string of the molecule is Cc1ccc(C(=O)CCC(=O)NCC(c2ccc3c(c2)OCO3)N(C)C)cc1C. The Morgan fingerprint density at radius 3 is 2.48 bits per heavy atom. The van der Waals surface area contributed by atoms with E-state index in [1.165, 1.54) is 0 Å². The van der Waals surface area contributed by atoms with E-state index in [4.69, 9.17) is 9.47 Å². The van der Waals surface area contributed by atoms with Crippen molar-refractivity contribution in [3.05, 3.63) is 58.7 Å². The molecule has 1 N–H and O–H groups in total. The van der Waals surface area contributed by atoms with Gasteiger partial charge < -0.3 is 19.7 Å². The summed E-state index contributed by atoms with van der Waals surface area (Å²) < 4.78 is 10.8. The van der Waals surface area contributed by atoms with E-state index in [9.17, 15) is 9.59 Å². The molecule has 0 fully saturated rings. The zero-order chi connectivity index (χ0) is 21.0. The Morgan fingerprint density at radius 1 is 1.00 bits per heavy atom. The van der Waals surface area contributed by atoms with E-state index < -0.39 is 0 Å². The molecule has 3 rings (SSSR count). The lowest BCUT2D eigenvalue weighted by atomic mass is 10.0. The molecule has 0 saturated heterocycles. The summed E-state index contributed by atoms with van der Waals surface area (Å²) in [6.45, 7) is 4.68. The fraction of sp³-hybridized carbons (Fsp3) is 0.391. The number of nitrogens with one attached hydrogen (secondary N) is 1. The van der Waals surface area contributed by atoms with Gasteiger partial charge in [-0.15, -0.1) is 0 Å². The van der Waals surface area contributed by atoms with E-state index in [2.05, 4.69) is 5.32 Å². The van der Waals surface area contributed by atoms with Gasteiger partial charge in [0.05, 0.1) is 6.04 Å². The molecule has 2 aromatic rings. The van der Waals surface area contributed by atoms with Crippen LogP contribution in [0.25, 0.3) is 0 Å². The van der Waals surface area contributed by atoms with Gasteiger partial charge in [0.2, 0.25) is 12.7 Å². The average Bonchev–Trinajstić information content (AvgIpc) is 3.16. The number of ketones is 1. The summed E-state index contributed by atoms with van der Waals surface area (Å²) in [6.07, 6.45) is 0.373. The number of carbonyl (C=O) groups excluding carboxylic acids is 2. The quantitative estimate of drug-likeness (QED) is 0.693. The standard InChI is InChI=1S/C23H28N2O4/c1-15-5-6-18(11-16(15)2)20(26)8-10-23(27)24-13-19(25(3)4)17-7-9-21-22(12-17)29-14-28-21/h5-7,9,11-12,19H,8,10,13-14H2,1-4H3,(H,24,27). The van der Waals surface area contributed by atoms with E-state index in [-0.39, 0.29) is 37.4 Å². The molecule has 1 unspecified atom stereocenters. The Hall–Kier alpha value is -2.86. The van der Waals surface area contributed by atoms with E-state index in [0.29, 0.717) is 12.1 Å². The lowest BCUT2D eigenvalue weighted by Gasteiger charge is -2.25. The molecule has 0 aromatic heterocycles. The van der Waals surface area contributed by atoms with Gasteiger partial charge in [-0.1, -0.05) is 18.2 Å². The Balaban J connectivity index is 1.54. The molecule has 1 aliphatic heterocycles.